The highest BCUT2D eigenvalue weighted by molar-refractivity contribution is 5.95. The fourth-order valence-corrected chi connectivity index (χ4v) is 2.80. The number of carbonyl (C=O) groups is 2. The van der Waals surface area contributed by atoms with Gasteiger partial charge in [0.25, 0.3) is 0 Å². The van der Waals surface area contributed by atoms with Crippen LogP contribution in [0.5, 0.6) is 5.75 Å². The maximum absolute atomic E-state index is 12.3. The van der Waals surface area contributed by atoms with Gasteiger partial charge in [0.2, 0.25) is 11.8 Å². The minimum Gasteiger partial charge on any atom is -0.491 e. The van der Waals surface area contributed by atoms with E-state index in [1.54, 1.807) is 4.90 Å². The van der Waals surface area contributed by atoms with E-state index in [-0.39, 0.29) is 24.3 Å². The van der Waals surface area contributed by atoms with Crippen LogP contribution in [-0.2, 0) is 9.59 Å². The number of ether oxygens (including phenoxy) is 1. The van der Waals surface area contributed by atoms with Crippen LogP contribution in [0.4, 0.5) is 11.4 Å². The first-order valence-corrected chi connectivity index (χ1v) is 9.19. The number of benzene rings is 2. The minimum absolute atomic E-state index is 0.0771. The van der Waals surface area contributed by atoms with Gasteiger partial charge in [0, 0.05) is 31.3 Å². The lowest BCUT2D eigenvalue weighted by Gasteiger charge is -2.23. The number of anilines is 2. The molecule has 0 aliphatic carbocycles. The predicted molar refractivity (Wildman–Crippen MR) is 109 cm³/mol. The molecule has 2 aromatic carbocycles. The number of carbonyl (C=O) groups excluding carboxylic acids is 2. The molecular weight excluding hydrogens is 340 g/mol. The van der Waals surface area contributed by atoms with Crippen LogP contribution in [0.1, 0.15) is 38.3 Å². The average molecular weight is 368 g/mol. The molecule has 0 heterocycles. The van der Waals surface area contributed by atoms with Crippen molar-refractivity contribution in [3.63, 3.8) is 0 Å². The van der Waals surface area contributed by atoms with Crippen LogP contribution in [0.3, 0.4) is 0 Å². The molecule has 0 saturated heterocycles. The molecule has 2 amide bonds. The van der Waals surface area contributed by atoms with Gasteiger partial charge >= 0.3 is 0 Å². The lowest BCUT2D eigenvalue weighted by Crippen LogP contribution is -2.32. The van der Waals surface area contributed by atoms with Gasteiger partial charge in [-0.15, -0.1) is 0 Å². The minimum atomic E-state index is -0.135. The summed E-state index contributed by atoms with van der Waals surface area (Å²) in [6.45, 7) is 9.78. The van der Waals surface area contributed by atoms with Gasteiger partial charge in [0.1, 0.15) is 5.75 Å². The highest BCUT2D eigenvalue weighted by Gasteiger charge is 2.16. The van der Waals surface area contributed by atoms with E-state index in [1.807, 2.05) is 70.2 Å². The Morgan fingerprint density at radius 1 is 1.07 bits per heavy atom. The molecule has 2 rings (SSSR count). The first-order valence-electron chi connectivity index (χ1n) is 9.19. The summed E-state index contributed by atoms with van der Waals surface area (Å²) < 4.78 is 5.59. The van der Waals surface area contributed by atoms with Gasteiger partial charge in [-0.1, -0.05) is 12.1 Å². The molecule has 0 bridgehead atoms. The summed E-state index contributed by atoms with van der Waals surface area (Å²) in [7, 11) is 0. The summed E-state index contributed by atoms with van der Waals surface area (Å²) in [6.07, 6.45) is 0.324. The van der Waals surface area contributed by atoms with Crippen molar-refractivity contribution in [2.75, 3.05) is 16.8 Å². The molecule has 0 unspecified atom stereocenters. The van der Waals surface area contributed by atoms with Crippen molar-refractivity contribution < 1.29 is 14.3 Å². The average Bonchev–Trinajstić information content (AvgIpc) is 2.59. The summed E-state index contributed by atoms with van der Waals surface area (Å²) in [6, 6.07) is 13.1. The number of nitrogens with one attached hydrogen (secondary N) is 1. The van der Waals surface area contributed by atoms with Crippen molar-refractivity contribution in [2.45, 2.75) is 47.1 Å². The largest absolute Gasteiger partial charge is 0.491 e. The van der Waals surface area contributed by atoms with Crippen molar-refractivity contribution in [3.05, 3.63) is 53.6 Å². The molecule has 0 aliphatic rings. The molecule has 0 aliphatic heterocycles. The molecule has 5 heteroatoms. The van der Waals surface area contributed by atoms with E-state index in [0.717, 1.165) is 22.6 Å². The zero-order valence-electron chi connectivity index (χ0n) is 16.7. The Labute approximate surface area is 161 Å². The van der Waals surface area contributed by atoms with Crippen molar-refractivity contribution in [1.29, 1.82) is 0 Å². The van der Waals surface area contributed by atoms with Crippen molar-refractivity contribution in [3.8, 4) is 5.75 Å². The standard InChI is InChI=1S/C22H28N2O3/c1-15(2)27-20-11-9-19(10-12-20)23-22(26)13-14-24(18(5)25)21-8-6-7-16(3)17(21)4/h6-12,15H,13-14H2,1-5H3,(H,23,26). The van der Waals surface area contributed by atoms with E-state index in [2.05, 4.69) is 5.32 Å². The molecule has 0 fully saturated rings. The molecule has 0 aromatic heterocycles. The lowest BCUT2D eigenvalue weighted by atomic mass is 10.1. The lowest BCUT2D eigenvalue weighted by molar-refractivity contribution is -0.117. The van der Waals surface area contributed by atoms with Gasteiger partial charge in [-0.05, 0) is 69.2 Å². The highest BCUT2D eigenvalue weighted by atomic mass is 16.5. The fourth-order valence-electron chi connectivity index (χ4n) is 2.80. The third-order valence-corrected chi connectivity index (χ3v) is 4.32. The maximum Gasteiger partial charge on any atom is 0.226 e. The van der Waals surface area contributed by atoms with Gasteiger partial charge in [-0.3, -0.25) is 9.59 Å². The first kappa shape index (κ1) is 20.5. The molecule has 2 aromatic rings. The normalized spacial score (nSPS) is 10.6. The Kier molecular flexibility index (Phi) is 6.99. The van der Waals surface area contributed by atoms with Crippen LogP contribution < -0.4 is 15.0 Å². The van der Waals surface area contributed by atoms with Gasteiger partial charge in [-0.25, -0.2) is 0 Å². The van der Waals surface area contributed by atoms with E-state index >= 15 is 0 Å². The second-order valence-electron chi connectivity index (χ2n) is 6.88. The summed E-state index contributed by atoms with van der Waals surface area (Å²) >= 11 is 0. The second kappa shape index (κ2) is 9.21. The number of amides is 2. The quantitative estimate of drug-likeness (QED) is 0.784. The van der Waals surface area contributed by atoms with E-state index in [9.17, 15) is 9.59 Å². The predicted octanol–water partition coefficient (Wildman–Crippen LogP) is 4.47. The van der Waals surface area contributed by atoms with Crippen molar-refractivity contribution in [2.24, 2.45) is 0 Å². The van der Waals surface area contributed by atoms with E-state index in [1.165, 1.54) is 6.92 Å². The summed E-state index contributed by atoms with van der Waals surface area (Å²) in [4.78, 5) is 26.0. The van der Waals surface area contributed by atoms with Crippen LogP contribution in [0.25, 0.3) is 0 Å². The van der Waals surface area contributed by atoms with E-state index < -0.39 is 0 Å². The van der Waals surface area contributed by atoms with Crippen LogP contribution in [0.15, 0.2) is 42.5 Å². The van der Waals surface area contributed by atoms with Crippen LogP contribution in [0, 0.1) is 13.8 Å². The van der Waals surface area contributed by atoms with Crippen molar-refractivity contribution >= 4 is 23.2 Å². The Bertz CT molecular complexity index is 798. The summed E-state index contributed by atoms with van der Waals surface area (Å²) in [5, 5.41) is 2.86. The van der Waals surface area contributed by atoms with Crippen LogP contribution in [0.2, 0.25) is 0 Å². The molecule has 0 saturated carbocycles. The molecule has 0 radical (unpaired) electrons. The fraction of sp³-hybridized carbons (Fsp3) is 0.364. The maximum atomic E-state index is 12.3. The molecule has 5 nitrogen and oxygen atoms in total. The van der Waals surface area contributed by atoms with Gasteiger partial charge in [-0.2, -0.15) is 0 Å². The van der Waals surface area contributed by atoms with Gasteiger partial charge in [0.15, 0.2) is 0 Å². The zero-order valence-corrected chi connectivity index (χ0v) is 16.7. The second-order valence-corrected chi connectivity index (χ2v) is 6.88. The number of rotatable bonds is 7. The molecule has 1 N–H and O–H groups in total. The number of hydrogen-bond acceptors (Lipinski definition) is 3. The topological polar surface area (TPSA) is 58.6 Å². The number of hydrogen-bond donors (Lipinski definition) is 1. The first-order chi connectivity index (χ1) is 12.8. The molecule has 144 valence electrons. The van der Waals surface area contributed by atoms with Crippen LogP contribution >= 0.6 is 0 Å². The van der Waals surface area contributed by atoms with E-state index in [4.69, 9.17) is 4.74 Å². The Hall–Kier alpha value is -2.82. The van der Waals surface area contributed by atoms with Gasteiger partial charge < -0.3 is 15.0 Å². The number of aryl methyl sites for hydroxylation is 1. The third kappa shape index (κ3) is 5.84. The smallest absolute Gasteiger partial charge is 0.226 e. The van der Waals surface area contributed by atoms with Crippen LogP contribution in [-0.4, -0.2) is 24.5 Å². The molecule has 0 spiro atoms. The monoisotopic (exact) mass is 368 g/mol. The van der Waals surface area contributed by atoms with Crippen molar-refractivity contribution in [1.82, 2.24) is 0 Å². The Morgan fingerprint density at radius 2 is 1.74 bits per heavy atom. The Balaban J connectivity index is 1.98. The molecule has 0 atom stereocenters. The summed E-state index contributed by atoms with van der Waals surface area (Å²) in [5.41, 5.74) is 3.73. The highest BCUT2D eigenvalue weighted by Crippen LogP contribution is 2.23. The SMILES string of the molecule is CC(=O)N(CCC(=O)Nc1ccc(OC(C)C)cc1)c1cccc(C)c1C. The zero-order chi connectivity index (χ0) is 20.0. The van der Waals surface area contributed by atoms with E-state index in [0.29, 0.717) is 12.2 Å². The Morgan fingerprint density at radius 3 is 2.33 bits per heavy atom. The number of nitrogens with zero attached hydrogens (tertiary/aromatic N) is 1. The summed E-state index contributed by atoms with van der Waals surface area (Å²) in [5.74, 6) is 0.552. The molecular formula is C22H28N2O3. The molecule has 27 heavy (non-hydrogen) atoms. The third-order valence-electron chi connectivity index (χ3n) is 4.32. The van der Waals surface area contributed by atoms with Gasteiger partial charge in [0.05, 0.1) is 6.10 Å².